The van der Waals surface area contributed by atoms with Crippen LogP contribution in [-0.4, -0.2) is 34.7 Å². The van der Waals surface area contributed by atoms with Gasteiger partial charge < -0.3 is 4.90 Å². The summed E-state index contributed by atoms with van der Waals surface area (Å²) >= 11 is 0. The van der Waals surface area contributed by atoms with Crippen molar-refractivity contribution in [3.63, 3.8) is 0 Å². The number of para-hydroxylation sites is 1. The van der Waals surface area contributed by atoms with E-state index in [1.54, 1.807) is 31.3 Å². The molecule has 1 aliphatic rings. The van der Waals surface area contributed by atoms with E-state index in [9.17, 15) is 14.4 Å². The average Bonchev–Trinajstić information content (AvgIpc) is 2.76. The molecule has 0 unspecified atom stereocenters. The van der Waals surface area contributed by atoms with Crippen LogP contribution in [0.5, 0.6) is 0 Å². The fraction of sp³-hybridized carbons (Fsp3) is 0.273. The van der Waals surface area contributed by atoms with Crippen molar-refractivity contribution in [1.82, 2.24) is 20.6 Å². The van der Waals surface area contributed by atoms with Gasteiger partial charge in [0.15, 0.2) is 0 Å². The molecule has 1 aromatic heterocycles. The standard InChI is InChI=1S/C22H23N5O3/c1-26-22(30)17-10-4-3-9-16(17)18(25-26)13-20(28)23-24-21(29)14-27-12-6-8-15-7-2-5-11-19(15)27/h2-5,7,9-11H,6,8,12-14H2,1H3,(H,23,28)(H,24,29). The zero-order valence-corrected chi connectivity index (χ0v) is 16.7. The van der Waals surface area contributed by atoms with E-state index in [1.807, 2.05) is 23.1 Å². The third kappa shape index (κ3) is 4.03. The predicted octanol–water partition coefficient (Wildman–Crippen LogP) is 1.08. The molecule has 0 atom stereocenters. The van der Waals surface area contributed by atoms with Gasteiger partial charge in [-0.2, -0.15) is 5.10 Å². The third-order valence-electron chi connectivity index (χ3n) is 5.24. The maximum atomic E-state index is 12.4. The lowest BCUT2D eigenvalue weighted by Crippen LogP contribution is -2.48. The van der Waals surface area contributed by atoms with Gasteiger partial charge >= 0.3 is 0 Å². The SMILES string of the molecule is Cn1nc(CC(=O)NNC(=O)CN2CCCc3ccccc32)c2ccccc2c1=O. The fourth-order valence-corrected chi connectivity index (χ4v) is 3.83. The Morgan fingerprint density at radius 2 is 1.70 bits per heavy atom. The van der Waals surface area contributed by atoms with E-state index in [-0.39, 0.29) is 24.4 Å². The second-order valence-corrected chi connectivity index (χ2v) is 7.35. The highest BCUT2D eigenvalue weighted by Gasteiger charge is 2.19. The summed E-state index contributed by atoms with van der Waals surface area (Å²) in [7, 11) is 1.55. The molecule has 0 radical (unpaired) electrons. The van der Waals surface area contributed by atoms with Crippen molar-refractivity contribution < 1.29 is 9.59 Å². The van der Waals surface area contributed by atoms with E-state index in [4.69, 9.17) is 0 Å². The van der Waals surface area contributed by atoms with Crippen molar-refractivity contribution in [3.05, 3.63) is 70.1 Å². The topological polar surface area (TPSA) is 96.3 Å². The molecule has 30 heavy (non-hydrogen) atoms. The van der Waals surface area contributed by atoms with Gasteiger partial charge in [0.25, 0.3) is 11.5 Å². The Hall–Kier alpha value is -3.68. The molecule has 0 aliphatic carbocycles. The molecule has 8 heteroatoms. The highest BCUT2D eigenvalue weighted by Crippen LogP contribution is 2.26. The quantitative estimate of drug-likeness (QED) is 0.633. The normalized spacial score (nSPS) is 13.0. The maximum absolute atomic E-state index is 12.4. The molecule has 8 nitrogen and oxygen atoms in total. The van der Waals surface area contributed by atoms with E-state index in [0.717, 1.165) is 25.1 Å². The van der Waals surface area contributed by atoms with Gasteiger partial charge in [-0.15, -0.1) is 0 Å². The van der Waals surface area contributed by atoms with Crippen LogP contribution >= 0.6 is 0 Å². The lowest BCUT2D eigenvalue weighted by atomic mass is 10.0. The molecule has 0 saturated carbocycles. The minimum atomic E-state index is -0.404. The third-order valence-corrected chi connectivity index (χ3v) is 5.24. The summed E-state index contributed by atoms with van der Waals surface area (Å²) in [4.78, 5) is 39.0. The zero-order valence-electron chi connectivity index (χ0n) is 16.7. The predicted molar refractivity (Wildman–Crippen MR) is 114 cm³/mol. The van der Waals surface area contributed by atoms with Gasteiger partial charge in [0.1, 0.15) is 0 Å². The van der Waals surface area contributed by atoms with Crippen LogP contribution in [0.1, 0.15) is 17.7 Å². The largest absolute Gasteiger partial charge is 0.362 e. The fourth-order valence-electron chi connectivity index (χ4n) is 3.83. The Morgan fingerprint density at radius 3 is 2.53 bits per heavy atom. The number of amides is 2. The van der Waals surface area contributed by atoms with Crippen LogP contribution < -0.4 is 21.3 Å². The summed E-state index contributed by atoms with van der Waals surface area (Å²) in [5.74, 6) is -0.697. The summed E-state index contributed by atoms with van der Waals surface area (Å²) in [6.07, 6.45) is 1.94. The van der Waals surface area contributed by atoms with E-state index in [0.29, 0.717) is 16.5 Å². The molecule has 0 bridgehead atoms. The van der Waals surface area contributed by atoms with Gasteiger partial charge in [0, 0.05) is 24.7 Å². The summed E-state index contributed by atoms with van der Waals surface area (Å²) in [6.45, 7) is 0.963. The van der Waals surface area contributed by atoms with Crippen LogP contribution in [0, 0.1) is 0 Å². The van der Waals surface area contributed by atoms with E-state index in [1.165, 1.54) is 10.2 Å². The van der Waals surface area contributed by atoms with Gasteiger partial charge in [0.05, 0.1) is 24.0 Å². The molecular formula is C22H23N5O3. The lowest BCUT2D eigenvalue weighted by Gasteiger charge is -2.30. The number of nitrogens with one attached hydrogen (secondary N) is 2. The molecule has 0 saturated heterocycles. The number of hydrogen-bond donors (Lipinski definition) is 2. The number of anilines is 1. The number of aryl methyl sites for hydroxylation is 2. The van der Waals surface area contributed by atoms with Crippen molar-refractivity contribution in [2.75, 3.05) is 18.0 Å². The van der Waals surface area contributed by atoms with Crippen LogP contribution in [0.15, 0.2) is 53.3 Å². The van der Waals surface area contributed by atoms with Crippen LogP contribution in [0.3, 0.4) is 0 Å². The van der Waals surface area contributed by atoms with E-state index >= 15 is 0 Å². The van der Waals surface area contributed by atoms with Crippen molar-refractivity contribution >= 4 is 28.3 Å². The smallest absolute Gasteiger partial charge is 0.274 e. The Labute approximate surface area is 173 Å². The summed E-state index contributed by atoms with van der Waals surface area (Å²) in [5, 5.41) is 5.35. The minimum Gasteiger partial charge on any atom is -0.362 e. The first-order valence-electron chi connectivity index (χ1n) is 9.88. The molecule has 4 rings (SSSR count). The van der Waals surface area contributed by atoms with Gasteiger partial charge in [-0.05, 0) is 30.5 Å². The number of nitrogens with zero attached hydrogens (tertiary/aromatic N) is 3. The van der Waals surface area contributed by atoms with Crippen molar-refractivity contribution in [1.29, 1.82) is 0 Å². The number of carbonyl (C=O) groups is 2. The molecule has 0 spiro atoms. The zero-order chi connectivity index (χ0) is 21.1. The number of aromatic nitrogens is 2. The molecule has 0 fully saturated rings. The first-order valence-corrected chi connectivity index (χ1v) is 9.88. The molecule has 2 heterocycles. The Morgan fingerprint density at radius 1 is 1.00 bits per heavy atom. The molecule has 2 aromatic carbocycles. The molecule has 2 N–H and O–H groups in total. The van der Waals surface area contributed by atoms with Crippen molar-refractivity contribution in [2.45, 2.75) is 19.3 Å². The number of fused-ring (bicyclic) bond motifs is 2. The van der Waals surface area contributed by atoms with E-state index in [2.05, 4.69) is 22.0 Å². The van der Waals surface area contributed by atoms with Gasteiger partial charge in [-0.25, -0.2) is 4.68 Å². The summed E-state index contributed by atoms with van der Waals surface area (Å²) in [6, 6.07) is 15.1. The maximum Gasteiger partial charge on any atom is 0.274 e. The molecule has 2 amide bonds. The summed E-state index contributed by atoms with van der Waals surface area (Å²) < 4.78 is 1.22. The number of benzene rings is 2. The van der Waals surface area contributed by atoms with Gasteiger partial charge in [0.2, 0.25) is 5.91 Å². The second-order valence-electron chi connectivity index (χ2n) is 7.35. The lowest BCUT2D eigenvalue weighted by molar-refractivity contribution is -0.127. The van der Waals surface area contributed by atoms with Gasteiger partial charge in [-0.1, -0.05) is 36.4 Å². The number of rotatable bonds is 4. The monoisotopic (exact) mass is 405 g/mol. The molecule has 3 aromatic rings. The van der Waals surface area contributed by atoms with Gasteiger partial charge in [-0.3, -0.25) is 25.2 Å². The Balaban J connectivity index is 1.38. The van der Waals surface area contributed by atoms with Crippen molar-refractivity contribution in [2.24, 2.45) is 7.05 Å². The second kappa shape index (κ2) is 8.36. The first-order chi connectivity index (χ1) is 14.5. The highest BCUT2D eigenvalue weighted by atomic mass is 16.2. The Bertz CT molecular complexity index is 1170. The average molecular weight is 405 g/mol. The highest BCUT2D eigenvalue weighted by molar-refractivity contribution is 5.90. The Kier molecular flexibility index (Phi) is 5.47. The van der Waals surface area contributed by atoms with Crippen LogP contribution in [0.4, 0.5) is 5.69 Å². The van der Waals surface area contributed by atoms with Crippen LogP contribution in [0.25, 0.3) is 10.8 Å². The minimum absolute atomic E-state index is 0.0541. The number of carbonyl (C=O) groups excluding carboxylic acids is 2. The summed E-state index contributed by atoms with van der Waals surface area (Å²) in [5.41, 5.74) is 7.48. The van der Waals surface area contributed by atoms with Crippen molar-refractivity contribution in [3.8, 4) is 0 Å². The van der Waals surface area contributed by atoms with Crippen LogP contribution in [-0.2, 0) is 29.5 Å². The first kappa shape index (κ1) is 19.6. The molecular weight excluding hydrogens is 382 g/mol. The van der Waals surface area contributed by atoms with Crippen LogP contribution in [0.2, 0.25) is 0 Å². The molecule has 154 valence electrons. The van der Waals surface area contributed by atoms with E-state index < -0.39 is 5.91 Å². The number of hydrogen-bond acceptors (Lipinski definition) is 5. The number of hydrazine groups is 1. The molecule has 1 aliphatic heterocycles.